The van der Waals surface area contributed by atoms with Gasteiger partial charge in [0.15, 0.2) is 6.10 Å². The van der Waals surface area contributed by atoms with Crippen molar-refractivity contribution < 1.29 is 28.6 Å². The van der Waals surface area contributed by atoms with Crippen LogP contribution in [0, 0.1) is 11.8 Å². The van der Waals surface area contributed by atoms with E-state index in [2.05, 4.69) is 34.6 Å². The molecule has 6 heteroatoms. The molecule has 6 nitrogen and oxygen atoms in total. The number of hydrogen-bond donors (Lipinski definition) is 0. The van der Waals surface area contributed by atoms with Gasteiger partial charge in [-0.1, -0.05) is 298 Å². The smallest absolute Gasteiger partial charge is 0.306 e. The maximum Gasteiger partial charge on any atom is 0.306 e. The molecule has 0 aromatic rings. The van der Waals surface area contributed by atoms with Crippen LogP contribution in [0.3, 0.4) is 0 Å². The van der Waals surface area contributed by atoms with Crippen LogP contribution < -0.4 is 0 Å². The van der Waals surface area contributed by atoms with Crippen LogP contribution in [-0.2, 0) is 28.6 Å². The van der Waals surface area contributed by atoms with Gasteiger partial charge in [0.25, 0.3) is 0 Å². The lowest BCUT2D eigenvalue weighted by Crippen LogP contribution is -2.30. The summed E-state index contributed by atoms with van der Waals surface area (Å²) in [5.74, 6) is 0.865. The molecule has 0 aromatic heterocycles. The van der Waals surface area contributed by atoms with Crippen LogP contribution in [0.5, 0.6) is 0 Å². The quantitative estimate of drug-likeness (QED) is 0.0343. The summed E-state index contributed by atoms with van der Waals surface area (Å²) in [6.45, 7) is 11.4. The van der Waals surface area contributed by atoms with Gasteiger partial charge < -0.3 is 14.2 Å². The molecule has 0 N–H and O–H groups in total. The summed E-state index contributed by atoms with van der Waals surface area (Å²) in [4.78, 5) is 38.1. The van der Waals surface area contributed by atoms with Crippen molar-refractivity contribution in [2.24, 2.45) is 11.8 Å². The Kier molecular flexibility index (Phi) is 51.5. The van der Waals surface area contributed by atoms with Crippen molar-refractivity contribution in [1.82, 2.24) is 0 Å². The molecule has 0 amide bonds. The fourth-order valence-electron chi connectivity index (χ4n) is 9.20. The minimum atomic E-state index is -0.763. The molecule has 0 bridgehead atoms. The van der Waals surface area contributed by atoms with E-state index in [1.807, 2.05) is 0 Å². The molecule has 0 aliphatic carbocycles. The van der Waals surface area contributed by atoms with Crippen LogP contribution in [0.25, 0.3) is 0 Å². The van der Waals surface area contributed by atoms with Crippen LogP contribution in [0.15, 0.2) is 0 Å². The Morgan fingerprint density at radius 3 is 0.864 bits per heavy atom. The van der Waals surface area contributed by atoms with Gasteiger partial charge in [0.2, 0.25) is 0 Å². The molecule has 0 aromatic carbocycles. The first-order chi connectivity index (χ1) is 32.3. The normalized spacial score (nSPS) is 12.5. The summed E-state index contributed by atoms with van der Waals surface area (Å²) in [6.07, 6.45) is 56.7. The molecule has 0 rings (SSSR count). The number of esters is 3. The summed E-state index contributed by atoms with van der Waals surface area (Å²) in [6, 6.07) is 0. The first-order valence-corrected chi connectivity index (χ1v) is 29.8. The number of carbonyl (C=O) groups is 3. The molecule has 392 valence electrons. The molecule has 0 radical (unpaired) electrons. The summed E-state index contributed by atoms with van der Waals surface area (Å²) < 4.78 is 16.9. The Hall–Kier alpha value is -1.59. The highest BCUT2D eigenvalue weighted by atomic mass is 16.6. The molecule has 0 fully saturated rings. The van der Waals surface area contributed by atoms with E-state index in [4.69, 9.17) is 14.2 Å². The zero-order valence-electron chi connectivity index (χ0n) is 45.3. The number of rotatable bonds is 54. The fourth-order valence-corrected chi connectivity index (χ4v) is 9.20. The molecule has 2 atom stereocenters. The lowest BCUT2D eigenvalue weighted by molar-refractivity contribution is -0.167. The maximum absolute atomic E-state index is 12.9. The molecule has 66 heavy (non-hydrogen) atoms. The van der Waals surface area contributed by atoms with Gasteiger partial charge >= 0.3 is 17.9 Å². The summed E-state index contributed by atoms with van der Waals surface area (Å²) in [5.41, 5.74) is 0. The van der Waals surface area contributed by atoms with Gasteiger partial charge in [-0.2, -0.15) is 0 Å². The van der Waals surface area contributed by atoms with Crippen LogP contribution >= 0.6 is 0 Å². The lowest BCUT2D eigenvalue weighted by atomic mass is 9.99. The van der Waals surface area contributed by atoms with E-state index in [9.17, 15) is 14.4 Å². The van der Waals surface area contributed by atoms with Gasteiger partial charge in [-0.05, 0) is 31.1 Å². The summed E-state index contributed by atoms with van der Waals surface area (Å²) in [5, 5.41) is 0. The van der Waals surface area contributed by atoms with Crippen molar-refractivity contribution in [3.8, 4) is 0 Å². The number of unbranched alkanes of at least 4 members (excludes halogenated alkanes) is 38. The highest BCUT2D eigenvalue weighted by Gasteiger charge is 2.19. The zero-order valence-corrected chi connectivity index (χ0v) is 45.3. The second kappa shape index (κ2) is 52.8. The topological polar surface area (TPSA) is 78.9 Å². The number of hydrogen-bond acceptors (Lipinski definition) is 6. The molecule has 0 saturated carbocycles. The van der Waals surface area contributed by atoms with Crippen molar-refractivity contribution in [2.75, 3.05) is 13.2 Å². The number of ether oxygens (including phenoxy) is 3. The predicted molar refractivity (Wildman–Crippen MR) is 284 cm³/mol. The maximum atomic E-state index is 12.9. The largest absolute Gasteiger partial charge is 0.462 e. The van der Waals surface area contributed by atoms with Crippen molar-refractivity contribution in [3.05, 3.63) is 0 Å². The van der Waals surface area contributed by atoms with Crippen molar-refractivity contribution in [3.63, 3.8) is 0 Å². The molecule has 0 aliphatic rings. The monoisotopic (exact) mass is 933 g/mol. The summed E-state index contributed by atoms with van der Waals surface area (Å²) in [7, 11) is 0. The van der Waals surface area contributed by atoms with Gasteiger partial charge in [-0.3, -0.25) is 14.4 Å². The molecular weight excluding hydrogens is 817 g/mol. The second-order valence-corrected chi connectivity index (χ2v) is 21.4. The standard InChI is InChI=1S/C60H116O6/c1-6-8-9-10-11-12-13-14-19-23-26-29-35-40-45-50-58(61)64-53-57(54-65-59(62)51-46-41-36-32-31-33-38-43-48-55(3)4)66-60(63)52-47-42-37-30-27-24-21-18-16-15-17-20-22-25-28-34-39-44-49-56(5)7-2/h55-57H,6-54H2,1-5H3/t56?,57-/m1/s1. The van der Waals surface area contributed by atoms with Gasteiger partial charge in [0.05, 0.1) is 0 Å². The zero-order chi connectivity index (χ0) is 48.2. The van der Waals surface area contributed by atoms with E-state index < -0.39 is 6.10 Å². The second-order valence-electron chi connectivity index (χ2n) is 21.4. The van der Waals surface area contributed by atoms with Gasteiger partial charge in [-0.25, -0.2) is 0 Å². The van der Waals surface area contributed by atoms with E-state index >= 15 is 0 Å². The number of carbonyl (C=O) groups excluding carboxylic acids is 3. The van der Waals surface area contributed by atoms with Crippen LogP contribution in [0.2, 0.25) is 0 Å². The molecule has 0 aliphatic heterocycles. The first kappa shape index (κ1) is 64.4. The van der Waals surface area contributed by atoms with E-state index in [0.29, 0.717) is 19.3 Å². The van der Waals surface area contributed by atoms with E-state index in [0.717, 1.165) is 69.6 Å². The third-order valence-electron chi connectivity index (χ3n) is 14.1. The third-order valence-corrected chi connectivity index (χ3v) is 14.1. The highest BCUT2D eigenvalue weighted by molar-refractivity contribution is 5.71. The minimum absolute atomic E-state index is 0.0629. The minimum Gasteiger partial charge on any atom is -0.462 e. The fraction of sp³-hybridized carbons (Fsp3) is 0.950. The van der Waals surface area contributed by atoms with Crippen LogP contribution in [0.1, 0.15) is 336 Å². The van der Waals surface area contributed by atoms with Crippen LogP contribution in [0.4, 0.5) is 0 Å². The molecule has 0 saturated heterocycles. The van der Waals surface area contributed by atoms with E-state index in [-0.39, 0.29) is 31.1 Å². The Morgan fingerprint density at radius 2 is 0.576 bits per heavy atom. The first-order valence-electron chi connectivity index (χ1n) is 29.8. The van der Waals surface area contributed by atoms with Crippen molar-refractivity contribution in [2.45, 2.75) is 343 Å². The molecule has 0 heterocycles. The van der Waals surface area contributed by atoms with Gasteiger partial charge in [0.1, 0.15) is 13.2 Å². The summed E-state index contributed by atoms with van der Waals surface area (Å²) >= 11 is 0. The SMILES string of the molecule is CCCCCCCCCCCCCCCCCC(=O)OC[C@H](COC(=O)CCCCCCCCCCC(C)C)OC(=O)CCCCCCCCCCCCCCCCCCCCC(C)CC. The van der Waals surface area contributed by atoms with Gasteiger partial charge in [-0.15, -0.1) is 0 Å². The molecular formula is C60H116O6. The van der Waals surface area contributed by atoms with Gasteiger partial charge in [0, 0.05) is 19.3 Å². The van der Waals surface area contributed by atoms with Crippen molar-refractivity contribution >= 4 is 17.9 Å². The Labute approximate surface area is 412 Å². The Bertz CT molecular complexity index is 1010. The van der Waals surface area contributed by atoms with E-state index in [1.54, 1.807) is 0 Å². The average Bonchev–Trinajstić information content (AvgIpc) is 3.30. The van der Waals surface area contributed by atoms with E-state index in [1.165, 1.54) is 225 Å². The Morgan fingerprint density at radius 1 is 0.318 bits per heavy atom. The predicted octanol–water partition coefficient (Wildman–Crippen LogP) is 19.7. The Balaban J connectivity index is 4.23. The molecule has 0 spiro atoms. The third kappa shape index (κ3) is 51.8. The van der Waals surface area contributed by atoms with Crippen molar-refractivity contribution in [1.29, 1.82) is 0 Å². The highest BCUT2D eigenvalue weighted by Crippen LogP contribution is 2.19. The van der Waals surface area contributed by atoms with Crippen LogP contribution in [-0.4, -0.2) is 37.2 Å². The lowest BCUT2D eigenvalue weighted by Gasteiger charge is -2.18. The average molecular weight is 934 g/mol. The molecule has 1 unspecified atom stereocenters.